The van der Waals surface area contributed by atoms with E-state index in [1.807, 2.05) is 42.7 Å². The van der Waals surface area contributed by atoms with Gasteiger partial charge in [-0.25, -0.2) is 4.98 Å². The van der Waals surface area contributed by atoms with E-state index in [0.717, 1.165) is 11.0 Å². The lowest BCUT2D eigenvalue weighted by atomic mass is 10.3. The van der Waals surface area contributed by atoms with Gasteiger partial charge in [-0.2, -0.15) is 5.26 Å². The number of hydrogen-bond donors (Lipinski definition) is 1. The van der Waals surface area contributed by atoms with Gasteiger partial charge in [-0.15, -0.1) is 0 Å². The Balaban J connectivity index is 2.21. The van der Waals surface area contributed by atoms with Gasteiger partial charge in [0.05, 0.1) is 23.5 Å². The summed E-state index contributed by atoms with van der Waals surface area (Å²) in [6, 6.07) is 9.99. The number of fused-ring (bicyclic) bond motifs is 1. The van der Waals surface area contributed by atoms with Crippen molar-refractivity contribution in [2.24, 2.45) is 0 Å². The molecule has 1 heterocycles. The third-order valence-corrected chi connectivity index (χ3v) is 2.98. The van der Waals surface area contributed by atoms with E-state index >= 15 is 0 Å². The fourth-order valence-electron chi connectivity index (χ4n) is 2.19. The van der Waals surface area contributed by atoms with Gasteiger partial charge in [0, 0.05) is 19.0 Å². The maximum Gasteiger partial charge on any atom is 0.221 e. The zero-order chi connectivity index (χ0) is 14.5. The number of nitriles is 1. The van der Waals surface area contributed by atoms with Crippen molar-refractivity contribution in [3.05, 3.63) is 30.1 Å². The monoisotopic (exact) mass is 270 g/mol. The van der Waals surface area contributed by atoms with Crippen molar-refractivity contribution in [2.75, 3.05) is 0 Å². The first-order valence-electron chi connectivity index (χ1n) is 6.72. The Kier molecular flexibility index (Phi) is 4.36. The van der Waals surface area contributed by atoms with Crippen LogP contribution in [0.15, 0.2) is 24.3 Å². The number of aryl methyl sites for hydroxylation is 1. The molecule has 0 spiro atoms. The first kappa shape index (κ1) is 14.1. The summed E-state index contributed by atoms with van der Waals surface area (Å²) in [7, 11) is 0. The third kappa shape index (κ3) is 3.15. The molecule has 1 N–H and O–H groups in total. The molecule has 0 fully saturated rings. The fourth-order valence-corrected chi connectivity index (χ4v) is 2.19. The topological polar surface area (TPSA) is 70.7 Å². The van der Waals surface area contributed by atoms with E-state index in [-0.39, 0.29) is 18.4 Å². The molecule has 0 aliphatic carbocycles. The van der Waals surface area contributed by atoms with Crippen molar-refractivity contribution >= 4 is 16.9 Å². The average molecular weight is 270 g/mol. The molecule has 0 aliphatic heterocycles. The number of nitrogens with one attached hydrogen (secondary N) is 1. The Hall–Kier alpha value is -2.35. The molecule has 0 aliphatic rings. The molecule has 0 saturated heterocycles. The van der Waals surface area contributed by atoms with Gasteiger partial charge in [0.1, 0.15) is 5.82 Å². The third-order valence-electron chi connectivity index (χ3n) is 2.98. The molecule has 20 heavy (non-hydrogen) atoms. The number of para-hydroxylation sites is 2. The molecule has 1 aromatic heterocycles. The molecule has 2 aromatic rings. The van der Waals surface area contributed by atoms with Crippen LogP contribution in [0, 0.1) is 11.3 Å². The van der Waals surface area contributed by atoms with E-state index in [9.17, 15) is 4.79 Å². The highest BCUT2D eigenvalue weighted by Gasteiger charge is 2.11. The number of carbonyl (C=O) groups excluding carboxylic acids is 1. The molecule has 5 heteroatoms. The first-order valence-corrected chi connectivity index (χ1v) is 6.72. The largest absolute Gasteiger partial charge is 0.354 e. The molecule has 1 aromatic carbocycles. The lowest BCUT2D eigenvalue weighted by Crippen LogP contribution is -2.30. The van der Waals surface area contributed by atoms with Crippen molar-refractivity contribution in [2.45, 2.75) is 39.3 Å². The summed E-state index contributed by atoms with van der Waals surface area (Å²) in [5.74, 6) is 0.728. The molecule has 0 saturated carbocycles. The van der Waals surface area contributed by atoms with Gasteiger partial charge in [-0.05, 0) is 26.0 Å². The Morgan fingerprint density at radius 3 is 2.90 bits per heavy atom. The van der Waals surface area contributed by atoms with Crippen LogP contribution in [0.3, 0.4) is 0 Å². The number of rotatable bonds is 5. The van der Waals surface area contributed by atoms with E-state index < -0.39 is 0 Å². The highest BCUT2D eigenvalue weighted by atomic mass is 16.1. The predicted molar refractivity (Wildman–Crippen MR) is 76.9 cm³/mol. The summed E-state index contributed by atoms with van der Waals surface area (Å²) in [6.07, 6.45) is 0.636. The van der Waals surface area contributed by atoms with Gasteiger partial charge < -0.3 is 9.88 Å². The average Bonchev–Trinajstić information content (AvgIpc) is 2.73. The van der Waals surface area contributed by atoms with Gasteiger partial charge in [0.2, 0.25) is 5.91 Å². The molecule has 0 bridgehead atoms. The molecule has 2 rings (SSSR count). The minimum Gasteiger partial charge on any atom is -0.354 e. The standard InChI is InChI=1S/C15H18N4O/c1-11(2)17-15(20)8-10-19-13-6-4-3-5-12(13)18-14(19)7-9-16/h3-6,11H,7-8,10H2,1-2H3,(H,17,20). The van der Waals surface area contributed by atoms with E-state index in [1.165, 1.54) is 0 Å². The zero-order valence-corrected chi connectivity index (χ0v) is 11.8. The molecule has 104 valence electrons. The predicted octanol–water partition coefficient (Wildman–Crippen LogP) is 2.02. The minimum atomic E-state index is 0.0145. The molecular weight excluding hydrogens is 252 g/mol. The molecule has 5 nitrogen and oxygen atoms in total. The number of amides is 1. The minimum absolute atomic E-state index is 0.0145. The summed E-state index contributed by atoms with van der Waals surface area (Å²) < 4.78 is 1.96. The van der Waals surface area contributed by atoms with Gasteiger partial charge in [-0.1, -0.05) is 12.1 Å². The van der Waals surface area contributed by atoms with Crippen LogP contribution < -0.4 is 5.32 Å². The summed E-state index contributed by atoms with van der Waals surface area (Å²) >= 11 is 0. The molecule has 0 atom stereocenters. The van der Waals surface area contributed by atoms with Gasteiger partial charge >= 0.3 is 0 Å². The Bertz CT molecular complexity index is 651. The molecule has 0 unspecified atom stereocenters. The highest BCUT2D eigenvalue weighted by Crippen LogP contribution is 2.16. The molecular formula is C15H18N4O. The highest BCUT2D eigenvalue weighted by molar-refractivity contribution is 5.78. The Labute approximate surface area is 118 Å². The normalized spacial score (nSPS) is 10.7. The second kappa shape index (κ2) is 6.20. The number of imidazole rings is 1. The number of aromatic nitrogens is 2. The smallest absolute Gasteiger partial charge is 0.221 e. The van der Waals surface area contributed by atoms with Crippen LogP contribution in [0.1, 0.15) is 26.1 Å². The van der Waals surface area contributed by atoms with Crippen LogP contribution in [-0.2, 0) is 17.8 Å². The summed E-state index contributed by atoms with van der Waals surface area (Å²) in [5, 5.41) is 11.8. The van der Waals surface area contributed by atoms with Gasteiger partial charge in [0.25, 0.3) is 0 Å². The second-order valence-corrected chi connectivity index (χ2v) is 4.98. The van der Waals surface area contributed by atoms with Crippen molar-refractivity contribution in [3.63, 3.8) is 0 Å². The van der Waals surface area contributed by atoms with Crippen LogP contribution in [0.2, 0.25) is 0 Å². The van der Waals surface area contributed by atoms with E-state index in [0.29, 0.717) is 18.8 Å². The quantitative estimate of drug-likeness (QED) is 0.903. The van der Waals surface area contributed by atoms with Crippen molar-refractivity contribution < 1.29 is 4.79 Å². The number of benzene rings is 1. The lowest BCUT2D eigenvalue weighted by Gasteiger charge is -2.10. The lowest BCUT2D eigenvalue weighted by molar-refractivity contribution is -0.121. The SMILES string of the molecule is CC(C)NC(=O)CCn1c(CC#N)nc2ccccc21. The van der Waals surface area contributed by atoms with Gasteiger partial charge in [-0.3, -0.25) is 4.79 Å². The number of nitrogens with zero attached hydrogens (tertiary/aromatic N) is 3. The van der Waals surface area contributed by atoms with E-state index in [2.05, 4.69) is 16.4 Å². The number of carbonyl (C=O) groups is 1. The fraction of sp³-hybridized carbons (Fsp3) is 0.400. The Morgan fingerprint density at radius 2 is 2.20 bits per heavy atom. The van der Waals surface area contributed by atoms with Crippen molar-refractivity contribution in [1.29, 1.82) is 5.26 Å². The van der Waals surface area contributed by atoms with E-state index in [1.54, 1.807) is 0 Å². The Morgan fingerprint density at radius 1 is 1.45 bits per heavy atom. The summed E-state index contributed by atoms with van der Waals surface area (Å²) in [6.45, 7) is 4.41. The van der Waals surface area contributed by atoms with Crippen LogP contribution >= 0.6 is 0 Å². The maximum atomic E-state index is 11.7. The van der Waals surface area contributed by atoms with Crippen LogP contribution in [0.25, 0.3) is 11.0 Å². The second-order valence-electron chi connectivity index (χ2n) is 4.98. The summed E-state index contributed by atoms with van der Waals surface area (Å²) in [4.78, 5) is 16.2. The molecule has 1 amide bonds. The number of hydrogen-bond acceptors (Lipinski definition) is 3. The van der Waals surface area contributed by atoms with Crippen molar-refractivity contribution in [3.8, 4) is 6.07 Å². The maximum absolute atomic E-state index is 11.7. The zero-order valence-electron chi connectivity index (χ0n) is 11.8. The summed E-state index contributed by atoms with van der Waals surface area (Å²) in [5.41, 5.74) is 1.83. The molecule has 0 radical (unpaired) electrons. The van der Waals surface area contributed by atoms with Crippen LogP contribution in [0.5, 0.6) is 0 Å². The van der Waals surface area contributed by atoms with Crippen LogP contribution in [0.4, 0.5) is 0 Å². The van der Waals surface area contributed by atoms with Crippen LogP contribution in [-0.4, -0.2) is 21.5 Å². The first-order chi connectivity index (χ1) is 9.61. The van der Waals surface area contributed by atoms with E-state index in [4.69, 9.17) is 5.26 Å². The van der Waals surface area contributed by atoms with Gasteiger partial charge in [0.15, 0.2) is 0 Å². The van der Waals surface area contributed by atoms with Crippen molar-refractivity contribution in [1.82, 2.24) is 14.9 Å².